The number of hydrogen-bond donors (Lipinski definition) is 0. The van der Waals surface area contributed by atoms with Crippen molar-refractivity contribution in [3.63, 3.8) is 0 Å². The molecule has 16 heavy (non-hydrogen) atoms. The van der Waals surface area contributed by atoms with Crippen LogP contribution in [0.5, 0.6) is 5.19 Å². The van der Waals surface area contributed by atoms with E-state index in [0.29, 0.717) is 29.6 Å². The van der Waals surface area contributed by atoms with E-state index in [4.69, 9.17) is 21.1 Å². The second-order valence-corrected chi connectivity index (χ2v) is 5.41. The third kappa shape index (κ3) is 4.47. The first-order valence-corrected chi connectivity index (χ1v) is 6.00. The van der Waals surface area contributed by atoms with Crippen LogP contribution in [0.15, 0.2) is 0 Å². The molecule has 6 heteroatoms. The van der Waals surface area contributed by atoms with E-state index in [2.05, 4.69) is 4.98 Å². The molecular formula is C10H14ClNO3S. The Kier molecular flexibility index (Phi) is 4.70. The van der Waals surface area contributed by atoms with Crippen molar-refractivity contribution in [2.75, 3.05) is 13.2 Å². The Morgan fingerprint density at radius 3 is 2.62 bits per heavy atom. The van der Waals surface area contributed by atoms with Crippen molar-refractivity contribution in [2.24, 2.45) is 0 Å². The van der Waals surface area contributed by atoms with Gasteiger partial charge in [0, 0.05) is 0 Å². The molecule has 1 rings (SSSR count). The molecule has 1 aromatic rings. The number of thiazole rings is 1. The van der Waals surface area contributed by atoms with E-state index in [1.807, 2.05) is 20.8 Å². The molecule has 0 saturated heterocycles. The molecule has 4 nitrogen and oxygen atoms in total. The van der Waals surface area contributed by atoms with Gasteiger partial charge in [-0.25, -0.2) is 0 Å². The van der Waals surface area contributed by atoms with Crippen LogP contribution < -0.4 is 4.74 Å². The number of hydrogen-bond acceptors (Lipinski definition) is 5. The van der Waals surface area contributed by atoms with E-state index in [1.54, 1.807) is 0 Å². The highest BCUT2D eigenvalue weighted by Gasteiger charge is 2.11. The van der Waals surface area contributed by atoms with E-state index in [1.165, 1.54) is 0 Å². The van der Waals surface area contributed by atoms with Crippen molar-refractivity contribution in [2.45, 2.75) is 26.4 Å². The van der Waals surface area contributed by atoms with Gasteiger partial charge in [0.1, 0.15) is 11.5 Å². The Hall–Kier alpha value is -0.650. The lowest BCUT2D eigenvalue weighted by Crippen LogP contribution is -2.22. The number of carbonyl (C=O) groups excluding carboxylic acids is 1. The molecule has 0 aliphatic carbocycles. The molecule has 0 radical (unpaired) electrons. The first-order valence-electron chi connectivity index (χ1n) is 4.80. The van der Waals surface area contributed by atoms with Gasteiger partial charge < -0.3 is 9.47 Å². The summed E-state index contributed by atoms with van der Waals surface area (Å²) in [5.74, 6) is 0. The van der Waals surface area contributed by atoms with Gasteiger partial charge in [-0.2, -0.15) is 4.98 Å². The molecule has 0 atom stereocenters. The summed E-state index contributed by atoms with van der Waals surface area (Å²) in [7, 11) is 0. The Bertz CT molecular complexity index is 359. The predicted octanol–water partition coefficient (Wildman–Crippen LogP) is 2.80. The van der Waals surface area contributed by atoms with Crippen LogP contribution in [0.25, 0.3) is 0 Å². The van der Waals surface area contributed by atoms with Crippen LogP contribution in [0, 0.1) is 0 Å². The molecule has 0 N–H and O–H groups in total. The fraction of sp³-hybridized carbons (Fsp3) is 0.600. The third-order valence-electron chi connectivity index (χ3n) is 1.54. The van der Waals surface area contributed by atoms with Gasteiger partial charge in [0.05, 0.1) is 12.2 Å². The standard InChI is InChI=1S/C10H14ClNO3S/c1-10(2,3)15-5-4-14-9-12-8(11)7(6-13)16-9/h6H,4-5H2,1-3H3. The maximum atomic E-state index is 10.5. The third-order valence-corrected chi connectivity index (χ3v) is 2.83. The quantitative estimate of drug-likeness (QED) is 0.605. The zero-order valence-corrected chi connectivity index (χ0v) is 11.0. The fourth-order valence-corrected chi connectivity index (χ4v) is 1.84. The van der Waals surface area contributed by atoms with Crippen molar-refractivity contribution in [1.82, 2.24) is 4.98 Å². The summed E-state index contributed by atoms with van der Waals surface area (Å²) in [6, 6.07) is 0. The number of nitrogens with zero attached hydrogens (tertiary/aromatic N) is 1. The average molecular weight is 264 g/mol. The van der Waals surface area contributed by atoms with Crippen LogP contribution in [0.4, 0.5) is 0 Å². The summed E-state index contributed by atoms with van der Waals surface area (Å²) in [5, 5.41) is 0.580. The Morgan fingerprint density at radius 2 is 2.12 bits per heavy atom. The van der Waals surface area contributed by atoms with Crippen LogP contribution >= 0.6 is 22.9 Å². The topological polar surface area (TPSA) is 48.4 Å². The molecule has 0 amide bonds. The Labute approximate surface area is 104 Å². The summed E-state index contributed by atoms with van der Waals surface area (Å²) in [4.78, 5) is 14.8. The highest BCUT2D eigenvalue weighted by Crippen LogP contribution is 2.26. The van der Waals surface area contributed by atoms with Crippen molar-refractivity contribution in [1.29, 1.82) is 0 Å². The van der Waals surface area contributed by atoms with Gasteiger partial charge in [-0.15, -0.1) is 0 Å². The first-order chi connectivity index (χ1) is 7.42. The molecule has 0 unspecified atom stereocenters. The van der Waals surface area contributed by atoms with Gasteiger partial charge in [-0.05, 0) is 20.8 Å². The van der Waals surface area contributed by atoms with Gasteiger partial charge in [0.15, 0.2) is 11.4 Å². The van der Waals surface area contributed by atoms with Crippen molar-refractivity contribution in [3.05, 3.63) is 10.0 Å². The number of rotatable bonds is 5. The Balaban J connectivity index is 2.35. The molecule has 0 saturated carbocycles. The number of aldehydes is 1. The maximum absolute atomic E-state index is 10.5. The molecule has 0 spiro atoms. The molecule has 1 heterocycles. The second kappa shape index (κ2) is 5.61. The highest BCUT2D eigenvalue weighted by molar-refractivity contribution is 7.15. The van der Waals surface area contributed by atoms with Gasteiger partial charge in [-0.3, -0.25) is 4.79 Å². The molecular weight excluding hydrogens is 250 g/mol. The molecule has 0 aromatic carbocycles. The normalized spacial score (nSPS) is 11.5. The van der Waals surface area contributed by atoms with Crippen LogP contribution in [0.1, 0.15) is 30.4 Å². The van der Waals surface area contributed by atoms with Gasteiger partial charge in [0.2, 0.25) is 0 Å². The lowest BCUT2D eigenvalue weighted by Gasteiger charge is -2.19. The van der Waals surface area contributed by atoms with Gasteiger partial charge in [-0.1, -0.05) is 22.9 Å². The summed E-state index contributed by atoms with van der Waals surface area (Å²) in [6.07, 6.45) is 0.665. The SMILES string of the molecule is CC(C)(C)OCCOc1nc(Cl)c(C=O)s1. The van der Waals surface area contributed by atoms with Crippen LogP contribution in [-0.2, 0) is 4.74 Å². The van der Waals surface area contributed by atoms with Crippen LogP contribution in [-0.4, -0.2) is 30.1 Å². The molecule has 0 aliphatic rings. The molecule has 1 aromatic heterocycles. The number of carbonyl (C=O) groups is 1. The lowest BCUT2D eigenvalue weighted by atomic mass is 10.2. The summed E-state index contributed by atoms with van der Waals surface area (Å²) < 4.78 is 10.8. The zero-order valence-electron chi connectivity index (χ0n) is 9.45. The molecule has 0 bridgehead atoms. The van der Waals surface area contributed by atoms with Crippen molar-refractivity contribution < 1.29 is 14.3 Å². The summed E-state index contributed by atoms with van der Waals surface area (Å²) >= 11 is 6.82. The molecule has 90 valence electrons. The minimum absolute atomic E-state index is 0.183. The minimum atomic E-state index is -0.183. The maximum Gasteiger partial charge on any atom is 0.275 e. The predicted molar refractivity (Wildman–Crippen MR) is 63.7 cm³/mol. The highest BCUT2D eigenvalue weighted by atomic mass is 35.5. The second-order valence-electron chi connectivity index (χ2n) is 4.06. The monoisotopic (exact) mass is 263 g/mol. The van der Waals surface area contributed by atoms with E-state index in [0.717, 1.165) is 11.3 Å². The number of ether oxygens (including phenoxy) is 2. The Morgan fingerprint density at radius 1 is 1.44 bits per heavy atom. The van der Waals surface area contributed by atoms with E-state index in [9.17, 15) is 4.79 Å². The summed E-state index contributed by atoms with van der Waals surface area (Å²) in [6.45, 7) is 6.77. The van der Waals surface area contributed by atoms with E-state index < -0.39 is 0 Å². The lowest BCUT2D eigenvalue weighted by molar-refractivity contribution is -0.0163. The van der Waals surface area contributed by atoms with Crippen LogP contribution in [0.2, 0.25) is 5.15 Å². The molecule has 0 aliphatic heterocycles. The smallest absolute Gasteiger partial charge is 0.275 e. The van der Waals surface area contributed by atoms with Crippen LogP contribution in [0.3, 0.4) is 0 Å². The van der Waals surface area contributed by atoms with E-state index in [-0.39, 0.29) is 10.8 Å². The fourth-order valence-electron chi connectivity index (χ4n) is 0.905. The van der Waals surface area contributed by atoms with E-state index >= 15 is 0 Å². The van der Waals surface area contributed by atoms with Crippen molar-refractivity contribution >= 4 is 29.2 Å². The average Bonchev–Trinajstić information content (AvgIpc) is 2.52. The largest absolute Gasteiger partial charge is 0.468 e. The molecule has 0 fully saturated rings. The summed E-state index contributed by atoms with van der Waals surface area (Å²) in [5.41, 5.74) is -0.183. The number of halogens is 1. The zero-order chi connectivity index (χ0) is 12.2. The van der Waals surface area contributed by atoms with Gasteiger partial charge >= 0.3 is 0 Å². The van der Waals surface area contributed by atoms with Gasteiger partial charge in [0.25, 0.3) is 5.19 Å². The minimum Gasteiger partial charge on any atom is -0.468 e. The first kappa shape index (κ1) is 13.4. The van der Waals surface area contributed by atoms with Crippen molar-refractivity contribution in [3.8, 4) is 5.19 Å². The number of aromatic nitrogens is 1.